The number of rotatable bonds is 6. The molecular formula is C34H32O6Ti. The predicted octanol–water partition coefficient (Wildman–Crippen LogP) is 3.27. The number of hydrogen-bond donors (Lipinski definition) is 0. The minimum Gasteiger partial charge on any atom is -0.872 e. The van der Waals surface area contributed by atoms with E-state index in [0.29, 0.717) is 22.3 Å². The van der Waals surface area contributed by atoms with E-state index < -0.39 is 0 Å². The van der Waals surface area contributed by atoms with Gasteiger partial charge < -0.3 is 20.4 Å². The van der Waals surface area contributed by atoms with Crippen LogP contribution in [0.5, 0.6) is 0 Å². The first kappa shape index (κ1) is 36.9. The quantitative estimate of drug-likeness (QED) is 0.148. The summed E-state index contributed by atoms with van der Waals surface area (Å²) in [6.45, 7) is 3.14. The minimum absolute atomic E-state index is 0. The molecule has 0 bridgehead atoms. The third kappa shape index (κ3) is 15.3. The van der Waals surface area contributed by atoms with Gasteiger partial charge in [0.1, 0.15) is 0 Å². The van der Waals surface area contributed by atoms with Crippen molar-refractivity contribution in [3.63, 3.8) is 0 Å². The molecule has 0 unspecified atom stereocenters. The molecule has 4 aromatic carbocycles. The van der Waals surface area contributed by atoms with Crippen LogP contribution in [0.1, 0.15) is 45.7 Å². The predicted molar refractivity (Wildman–Crippen MR) is 151 cm³/mol. The van der Waals surface area contributed by atoms with E-state index in [4.69, 9.17) is 10.2 Å². The van der Waals surface area contributed by atoms with Gasteiger partial charge in [-0.3, -0.25) is 9.59 Å². The van der Waals surface area contributed by atoms with Gasteiger partial charge in [0.05, 0.1) is 0 Å². The summed E-state index contributed by atoms with van der Waals surface area (Å²) in [5.41, 5.74) is 2.10. The molecule has 0 fully saturated rings. The van der Waals surface area contributed by atoms with Crippen LogP contribution >= 0.6 is 0 Å². The Morgan fingerprint density at radius 1 is 0.488 bits per heavy atom. The summed E-state index contributed by atoms with van der Waals surface area (Å²) in [5.74, 6) is -1.06. The summed E-state index contributed by atoms with van der Waals surface area (Å²) in [6.07, 6.45) is 2.26. The van der Waals surface area contributed by atoms with Crippen LogP contribution in [0, 0.1) is 0 Å². The van der Waals surface area contributed by atoms with Crippen molar-refractivity contribution in [2.75, 3.05) is 13.2 Å². The second-order valence-electron chi connectivity index (χ2n) is 7.79. The van der Waals surface area contributed by atoms with Gasteiger partial charge in [-0.25, -0.2) is 0 Å². The molecule has 0 amide bonds. The van der Waals surface area contributed by atoms with E-state index in [1.807, 2.05) is 24.3 Å². The zero-order valence-corrected chi connectivity index (χ0v) is 24.6. The third-order valence-electron chi connectivity index (χ3n) is 4.76. The van der Waals surface area contributed by atoms with Gasteiger partial charge in [0, 0.05) is 11.1 Å². The standard InChI is InChI=1S/2C15H12O2.2C2H5O.Ti/c2*16-14(12-7-3-1-4-8-12)11-15(17)13-9-5-2-6-10-13;2*1-2-3;/h2*1-11,16H;2*2H2,1H3;/q;;2*-1;+4/p-2. The zero-order valence-electron chi connectivity index (χ0n) is 23.1. The Hall–Kier alpha value is -4.07. The first-order valence-corrected chi connectivity index (χ1v) is 12.6. The molecule has 4 aromatic rings. The summed E-state index contributed by atoms with van der Waals surface area (Å²) in [6, 6.07) is 35.0. The molecule has 208 valence electrons. The van der Waals surface area contributed by atoms with E-state index >= 15 is 0 Å². The second-order valence-corrected chi connectivity index (χ2v) is 7.79. The number of carbonyl (C=O) groups excluding carboxylic acids is 2. The van der Waals surface area contributed by atoms with Gasteiger partial charge in [-0.05, 0) is 23.3 Å². The fraction of sp³-hybridized carbons (Fsp3) is 0.118. The normalized spacial score (nSPS) is 10.1. The van der Waals surface area contributed by atoms with E-state index in [1.54, 1.807) is 111 Å². The van der Waals surface area contributed by atoms with E-state index in [0.717, 1.165) is 12.2 Å². The number of allylic oxidation sites excluding steroid dienone is 2. The SMILES string of the molecule is CC[O-].CC[O-].O=C(C=C([O-])c1ccccc1)c1ccccc1.O=C(C=C([O-])c1ccccc1)c1ccccc1.[Ti+4]. The molecule has 0 heterocycles. The first-order valence-electron chi connectivity index (χ1n) is 12.6. The van der Waals surface area contributed by atoms with Crippen molar-refractivity contribution in [1.82, 2.24) is 0 Å². The maximum Gasteiger partial charge on any atom is 4.00 e. The molecule has 0 saturated heterocycles. The van der Waals surface area contributed by atoms with Gasteiger partial charge in [-0.1, -0.05) is 147 Å². The molecule has 41 heavy (non-hydrogen) atoms. The fourth-order valence-corrected chi connectivity index (χ4v) is 2.98. The van der Waals surface area contributed by atoms with Gasteiger partial charge in [-0.2, -0.15) is 0 Å². The zero-order chi connectivity index (χ0) is 29.6. The molecule has 0 N–H and O–H groups in total. The van der Waals surface area contributed by atoms with Gasteiger partial charge in [0.15, 0.2) is 11.6 Å². The van der Waals surface area contributed by atoms with Gasteiger partial charge >= 0.3 is 21.7 Å². The van der Waals surface area contributed by atoms with Crippen molar-refractivity contribution < 1.29 is 51.7 Å². The average Bonchev–Trinajstić information content (AvgIpc) is 3.00. The number of carbonyl (C=O) groups is 2. The largest absolute Gasteiger partial charge is 4.00 e. The summed E-state index contributed by atoms with van der Waals surface area (Å²) in [5, 5.41) is 41.4. The van der Waals surface area contributed by atoms with E-state index in [2.05, 4.69) is 0 Å². The van der Waals surface area contributed by atoms with Crippen LogP contribution in [-0.2, 0) is 21.7 Å². The van der Waals surface area contributed by atoms with Crippen LogP contribution in [0.4, 0.5) is 0 Å². The van der Waals surface area contributed by atoms with Crippen molar-refractivity contribution >= 4 is 23.1 Å². The molecule has 6 nitrogen and oxygen atoms in total. The molecule has 0 atom stereocenters. The molecular weight excluding hydrogens is 552 g/mol. The van der Waals surface area contributed by atoms with Gasteiger partial charge in [-0.15, -0.1) is 13.2 Å². The Kier molecular flexibility index (Phi) is 20.5. The smallest absolute Gasteiger partial charge is 0.872 e. The second kappa shape index (κ2) is 22.7. The van der Waals surface area contributed by atoms with Crippen molar-refractivity contribution in [2.45, 2.75) is 13.8 Å². The molecule has 0 aromatic heterocycles. The molecule has 0 saturated carbocycles. The average molecular weight is 584 g/mol. The summed E-state index contributed by atoms with van der Waals surface area (Å²) in [4.78, 5) is 23.5. The van der Waals surface area contributed by atoms with Gasteiger partial charge in [0.2, 0.25) is 0 Å². The number of ketones is 2. The van der Waals surface area contributed by atoms with E-state index in [9.17, 15) is 19.8 Å². The summed E-state index contributed by atoms with van der Waals surface area (Å²) < 4.78 is 0. The monoisotopic (exact) mass is 584 g/mol. The molecule has 0 radical (unpaired) electrons. The fourth-order valence-electron chi connectivity index (χ4n) is 2.98. The van der Waals surface area contributed by atoms with Crippen molar-refractivity contribution in [1.29, 1.82) is 0 Å². The summed E-state index contributed by atoms with van der Waals surface area (Å²) in [7, 11) is 0. The van der Waals surface area contributed by atoms with Gasteiger partial charge in [0.25, 0.3) is 0 Å². The van der Waals surface area contributed by atoms with E-state index in [1.165, 1.54) is 0 Å². The Bertz CT molecular complexity index is 1200. The molecule has 0 aliphatic rings. The Balaban J connectivity index is 0.000000642. The van der Waals surface area contributed by atoms with Crippen molar-refractivity contribution in [3.8, 4) is 0 Å². The molecule has 7 heteroatoms. The summed E-state index contributed by atoms with van der Waals surface area (Å²) >= 11 is 0. The van der Waals surface area contributed by atoms with Crippen LogP contribution < -0.4 is 20.4 Å². The van der Waals surface area contributed by atoms with Crippen LogP contribution in [0.2, 0.25) is 0 Å². The Labute approximate surface area is 256 Å². The maximum atomic E-state index is 11.8. The molecule has 0 aliphatic heterocycles. The Morgan fingerprint density at radius 2 is 0.683 bits per heavy atom. The van der Waals surface area contributed by atoms with Crippen LogP contribution in [-0.4, -0.2) is 24.8 Å². The first-order chi connectivity index (χ1) is 19.4. The number of benzene rings is 4. The molecule has 4 rings (SSSR count). The minimum atomic E-state index is -0.264. The maximum absolute atomic E-state index is 11.8. The Morgan fingerprint density at radius 3 is 0.902 bits per heavy atom. The van der Waals surface area contributed by atoms with Crippen LogP contribution in [0.25, 0.3) is 11.5 Å². The van der Waals surface area contributed by atoms with E-state index in [-0.39, 0.29) is 58.0 Å². The van der Waals surface area contributed by atoms with Crippen LogP contribution in [0.15, 0.2) is 133 Å². The topological polar surface area (TPSA) is 126 Å². The molecule has 0 spiro atoms. The van der Waals surface area contributed by atoms with Crippen LogP contribution in [0.3, 0.4) is 0 Å². The van der Waals surface area contributed by atoms with Crippen molar-refractivity contribution in [2.24, 2.45) is 0 Å². The third-order valence-corrected chi connectivity index (χ3v) is 4.76. The molecule has 0 aliphatic carbocycles. The van der Waals surface area contributed by atoms with Crippen molar-refractivity contribution in [3.05, 3.63) is 156 Å². The number of hydrogen-bond acceptors (Lipinski definition) is 6.